The summed E-state index contributed by atoms with van der Waals surface area (Å²) in [6, 6.07) is 16.3. The van der Waals surface area contributed by atoms with Crippen LogP contribution in [0.3, 0.4) is 0 Å². The summed E-state index contributed by atoms with van der Waals surface area (Å²) >= 11 is 0. The van der Waals surface area contributed by atoms with E-state index in [4.69, 9.17) is 10.5 Å². The molecule has 0 bridgehead atoms. The van der Waals surface area contributed by atoms with Gasteiger partial charge in [0.05, 0.1) is 6.04 Å². The monoisotopic (exact) mass is 353 g/mol. The van der Waals surface area contributed by atoms with E-state index >= 15 is 0 Å². The summed E-state index contributed by atoms with van der Waals surface area (Å²) in [6.07, 6.45) is -0.268. The lowest BCUT2D eigenvalue weighted by Crippen LogP contribution is -2.56. The number of nitrogens with zero attached hydrogens (tertiary/aromatic N) is 1. The average molecular weight is 353 g/mol. The fourth-order valence-electron chi connectivity index (χ4n) is 3.81. The lowest BCUT2D eigenvalue weighted by molar-refractivity contribution is 0.167. The normalized spacial score (nSPS) is 22.1. The molecule has 136 valence electrons. The molecule has 1 saturated heterocycles. The summed E-state index contributed by atoms with van der Waals surface area (Å²) in [7, 11) is 0. The number of hydrogen-bond donors (Lipinski definition) is 3. The van der Waals surface area contributed by atoms with Gasteiger partial charge in [-0.3, -0.25) is 0 Å². The lowest BCUT2D eigenvalue weighted by atomic mass is 9.83. The van der Waals surface area contributed by atoms with Gasteiger partial charge in [0, 0.05) is 36.3 Å². The Morgan fingerprint density at radius 2 is 2.00 bits per heavy atom. The topological polar surface area (TPSA) is 87.8 Å². The molecule has 0 spiro atoms. The molecule has 2 atom stereocenters. The summed E-state index contributed by atoms with van der Waals surface area (Å²) in [5.41, 5.74) is 9.25. The predicted octanol–water partition coefficient (Wildman–Crippen LogP) is 2.19. The van der Waals surface area contributed by atoms with Crippen molar-refractivity contribution in [1.29, 1.82) is 0 Å². The van der Waals surface area contributed by atoms with E-state index in [2.05, 4.69) is 34.5 Å². The van der Waals surface area contributed by atoms with Gasteiger partial charge in [0.15, 0.2) is 0 Å². The zero-order valence-corrected chi connectivity index (χ0v) is 14.5. The Balaban J connectivity index is 1.66. The molecule has 26 heavy (non-hydrogen) atoms. The van der Waals surface area contributed by atoms with Crippen molar-refractivity contribution in [3.05, 3.63) is 59.7 Å². The van der Waals surface area contributed by atoms with Crippen LogP contribution in [0.4, 0.5) is 10.5 Å². The van der Waals surface area contributed by atoms with Gasteiger partial charge in [-0.1, -0.05) is 30.3 Å². The molecule has 1 amide bonds. The maximum atomic E-state index is 11.3. The van der Waals surface area contributed by atoms with E-state index in [0.29, 0.717) is 6.61 Å². The van der Waals surface area contributed by atoms with Crippen molar-refractivity contribution in [3.63, 3.8) is 0 Å². The Morgan fingerprint density at radius 1 is 1.23 bits per heavy atom. The van der Waals surface area contributed by atoms with Crippen molar-refractivity contribution >= 4 is 11.8 Å². The van der Waals surface area contributed by atoms with Crippen molar-refractivity contribution in [2.24, 2.45) is 5.73 Å². The number of nitrogens with two attached hydrogens (primary N) is 1. The van der Waals surface area contributed by atoms with Gasteiger partial charge < -0.3 is 25.8 Å². The highest BCUT2D eigenvalue weighted by molar-refractivity contribution is 5.65. The SMILES string of the molecule is NC1CN(c2ccc3c(c2)C(Cc2ccccc2)C(NC(=O)O)CO3)C1. The standard InChI is InChI=1S/C20H23N3O3/c21-14-10-23(11-14)15-6-7-19-17(9-15)16(8-13-4-2-1-3-5-13)18(12-26-19)22-20(24)25/h1-7,9,14,16,18,22H,8,10-12,21H2,(H,24,25). The third-order valence-electron chi connectivity index (χ3n) is 5.18. The molecule has 6 heteroatoms. The smallest absolute Gasteiger partial charge is 0.405 e. The maximum absolute atomic E-state index is 11.3. The van der Waals surface area contributed by atoms with E-state index < -0.39 is 6.09 Å². The van der Waals surface area contributed by atoms with Gasteiger partial charge in [0.1, 0.15) is 12.4 Å². The number of anilines is 1. The van der Waals surface area contributed by atoms with Crippen LogP contribution in [0.25, 0.3) is 0 Å². The molecule has 0 saturated carbocycles. The number of rotatable bonds is 4. The molecule has 2 aliphatic heterocycles. The van der Waals surface area contributed by atoms with Crippen LogP contribution in [-0.2, 0) is 6.42 Å². The number of hydrogen-bond acceptors (Lipinski definition) is 4. The predicted molar refractivity (Wildman–Crippen MR) is 100.0 cm³/mol. The fraction of sp³-hybridized carbons (Fsp3) is 0.350. The molecular formula is C20H23N3O3. The number of amides is 1. The second kappa shape index (κ2) is 6.88. The van der Waals surface area contributed by atoms with E-state index in [1.54, 1.807) is 0 Å². The molecule has 2 heterocycles. The van der Waals surface area contributed by atoms with Gasteiger partial charge in [-0.15, -0.1) is 0 Å². The fourth-order valence-corrected chi connectivity index (χ4v) is 3.81. The van der Waals surface area contributed by atoms with Gasteiger partial charge in [-0.05, 0) is 30.2 Å². The second-order valence-corrected chi connectivity index (χ2v) is 7.05. The Morgan fingerprint density at radius 3 is 2.69 bits per heavy atom. The Hall–Kier alpha value is -2.73. The number of fused-ring (bicyclic) bond motifs is 1. The molecule has 0 radical (unpaired) electrons. The molecule has 6 nitrogen and oxygen atoms in total. The highest BCUT2D eigenvalue weighted by Crippen LogP contribution is 2.39. The summed E-state index contributed by atoms with van der Waals surface area (Å²) in [5.74, 6) is 0.857. The second-order valence-electron chi connectivity index (χ2n) is 7.05. The Kier molecular flexibility index (Phi) is 4.42. The average Bonchev–Trinajstić information content (AvgIpc) is 2.61. The molecule has 2 aromatic carbocycles. The van der Waals surface area contributed by atoms with Gasteiger partial charge in [-0.25, -0.2) is 4.79 Å². The molecular weight excluding hydrogens is 330 g/mol. The summed E-state index contributed by atoms with van der Waals surface area (Å²) in [4.78, 5) is 13.5. The Labute approximate surface area is 152 Å². The van der Waals surface area contributed by atoms with Gasteiger partial charge >= 0.3 is 6.09 Å². The Bertz CT molecular complexity index is 790. The highest BCUT2D eigenvalue weighted by Gasteiger charge is 2.33. The zero-order chi connectivity index (χ0) is 18.1. The van der Waals surface area contributed by atoms with Crippen LogP contribution in [0.2, 0.25) is 0 Å². The molecule has 0 aromatic heterocycles. The number of carbonyl (C=O) groups is 1. The van der Waals surface area contributed by atoms with Crippen LogP contribution < -0.4 is 20.7 Å². The van der Waals surface area contributed by atoms with E-state index in [1.807, 2.05) is 24.3 Å². The number of nitrogens with one attached hydrogen (secondary N) is 1. The number of carboxylic acid groups (broad SMARTS) is 1. The van der Waals surface area contributed by atoms with Crippen molar-refractivity contribution in [1.82, 2.24) is 5.32 Å². The molecule has 0 aliphatic carbocycles. The van der Waals surface area contributed by atoms with Crippen molar-refractivity contribution < 1.29 is 14.6 Å². The zero-order valence-electron chi connectivity index (χ0n) is 14.5. The van der Waals surface area contributed by atoms with Crippen molar-refractivity contribution in [3.8, 4) is 5.75 Å². The molecule has 4 N–H and O–H groups in total. The third-order valence-corrected chi connectivity index (χ3v) is 5.18. The van der Waals surface area contributed by atoms with E-state index in [9.17, 15) is 9.90 Å². The van der Waals surface area contributed by atoms with Crippen LogP contribution in [0.15, 0.2) is 48.5 Å². The maximum Gasteiger partial charge on any atom is 0.405 e. The first kappa shape index (κ1) is 16.7. The summed E-state index contributed by atoms with van der Waals surface area (Å²) < 4.78 is 5.84. The van der Waals surface area contributed by atoms with Crippen LogP contribution >= 0.6 is 0 Å². The van der Waals surface area contributed by atoms with Crippen LogP contribution in [0, 0.1) is 0 Å². The van der Waals surface area contributed by atoms with Crippen LogP contribution in [0.5, 0.6) is 5.75 Å². The molecule has 1 fully saturated rings. The van der Waals surface area contributed by atoms with Crippen LogP contribution in [0.1, 0.15) is 17.0 Å². The molecule has 4 rings (SSSR count). The quantitative estimate of drug-likeness (QED) is 0.784. The van der Waals surface area contributed by atoms with Crippen LogP contribution in [-0.4, -0.2) is 43.0 Å². The minimum absolute atomic E-state index is 0.0205. The first-order valence-corrected chi connectivity index (χ1v) is 8.91. The van der Waals surface area contributed by atoms with E-state index in [-0.39, 0.29) is 18.0 Å². The van der Waals surface area contributed by atoms with Gasteiger partial charge in [0.2, 0.25) is 0 Å². The summed E-state index contributed by atoms with van der Waals surface area (Å²) in [5, 5.41) is 11.9. The van der Waals surface area contributed by atoms with Crippen molar-refractivity contribution in [2.45, 2.75) is 24.4 Å². The van der Waals surface area contributed by atoms with Gasteiger partial charge in [0.25, 0.3) is 0 Å². The lowest BCUT2D eigenvalue weighted by Gasteiger charge is -2.40. The third kappa shape index (κ3) is 3.32. The minimum atomic E-state index is -1.02. The number of benzene rings is 2. The highest BCUT2D eigenvalue weighted by atomic mass is 16.5. The van der Waals surface area contributed by atoms with Gasteiger partial charge in [-0.2, -0.15) is 0 Å². The minimum Gasteiger partial charge on any atom is -0.491 e. The number of ether oxygens (including phenoxy) is 1. The van der Waals surface area contributed by atoms with Crippen molar-refractivity contribution in [2.75, 3.05) is 24.6 Å². The molecule has 2 aliphatic rings. The van der Waals surface area contributed by atoms with E-state index in [1.165, 1.54) is 5.56 Å². The molecule has 2 unspecified atom stereocenters. The van der Waals surface area contributed by atoms with E-state index in [0.717, 1.165) is 36.5 Å². The molecule has 2 aromatic rings. The first-order valence-electron chi connectivity index (χ1n) is 8.91. The summed E-state index contributed by atoms with van der Waals surface area (Å²) in [6.45, 7) is 2.03. The largest absolute Gasteiger partial charge is 0.491 e. The first-order chi connectivity index (χ1) is 12.6.